The molecular formula is C23H29FN2O3. The lowest BCUT2D eigenvalue weighted by Gasteiger charge is -2.39. The molecule has 4 rings (SSSR count). The maximum absolute atomic E-state index is 14.0. The van der Waals surface area contributed by atoms with E-state index in [4.69, 9.17) is 0 Å². The molecule has 0 radical (unpaired) electrons. The molecule has 3 atom stereocenters. The number of halogens is 1. The number of rotatable bonds is 3. The van der Waals surface area contributed by atoms with Crippen LogP contribution in [0.15, 0.2) is 24.3 Å². The minimum absolute atomic E-state index is 0.0837. The Morgan fingerprint density at radius 1 is 1.21 bits per heavy atom. The van der Waals surface area contributed by atoms with Crippen LogP contribution in [0.2, 0.25) is 0 Å². The van der Waals surface area contributed by atoms with Crippen molar-refractivity contribution in [2.24, 2.45) is 10.8 Å². The molecule has 1 aromatic rings. The van der Waals surface area contributed by atoms with Crippen LogP contribution < -0.4 is 0 Å². The number of hydrogen-bond acceptors (Lipinski definition) is 3. The first-order valence-electron chi connectivity index (χ1n) is 10.3. The van der Waals surface area contributed by atoms with Gasteiger partial charge in [0.05, 0.1) is 5.41 Å². The number of fused-ring (bicyclic) bond motifs is 2. The summed E-state index contributed by atoms with van der Waals surface area (Å²) in [5.41, 5.74) is -0.660. The van der Waals surface area contributed by atoms with Gasteiger partial charge in [0.15, 0.2) is 0 Å². The maximum Gasteiger partial charge on any atom is 0.240 e. The molecule has 6 heteroatoms. The van der Waals surface area contributed by atoms with Crippen molar-refractivity contribution in [1.82, 2.24) is 9.80 Å². The van der Waals surface area contributed by atoms with Crippen molar-refractivity contribution in [3.8, 4) is 0 Å². The molecule has 0 aromatic heterocycles. The largest absolute Gasteiger partial charge is 0.339 e. The third kappa shape index (κ3) is 3.26. The lowest BCUT2D eigenvalue weighted by Crippen LogP contribution is -2.44. The molecule has 0 spiro atoms. The van der Waals surface area contributed by atoms with Gasteiger partial charge in [-0.3, -0.25) is 19.3 Å². The first-order valence-corrected chi connectivity index (χ1v) is 10.3. The van der Waals surface area contributed by atoms with Gasteiger partial charge in [-0.15, -0.1) is 0 Å². The number of imide groups is 1. The summed E-state index contributed by atoms with van der Waals surface area (Å²) < 4.78 is 14.0. The van der Waals surface area contributed by atoms with Crippen LogP contribution in [0.3, 0.4) is 0 Å². The summed E-state index contributed by atoms with van der Waals surface area (Å²) in [4.78, 5) is 41.9. The Balaban J connectivity index is 1.67. The van der Waals surface area contributed by atoms with Crippen LogP contribution in [-0.4, -0.2) is 47.2 Å². The van der Waals surface area contributed by atoms with Gasteiger partial charge in [0.2, 0.25) is 17.7 Å². The van der Waals surface area contributed by atoms with E-state index in [0.29, 0.717) is 12.1 Å². The lowest BCUT2D eigenvalue weighted by molar-refractivity contribution is -0.141. The third-order valence-corrected chi connectivity index (χ3v) is 7.11. The van der Waals surface area contributed by atoms with Crippen molar-refractivity contribution in [3.05, 3.63) is 35.6 Å². The van der Waals surface area contributed by atoms with Crippen LogP contribution in [0.25, 0.3) is 0 Å². The summed E-state index contributed by atoms with van der Waals surface area (Å²) in [7, 11) is 1.43. The van der Waals surface area contributed by atoms with Crippen LogP contribution in [0.4, 0.5) is 4.39 Å². The number of likely N-dealkylation sites (N-methyl/N-ethyl adjacent to an activating group) is 1. The van der Waals surface area contributed by atoms with Crippen molar-refractivity contribution in [1.29, 1.82) is 0 Å². The highest BCUT2D eigenvalue weighted by Crippen LogP contribution is 2.53. The molecule has 2 saturated heterocycles. The van der Waals surface area contributed by atoms with Gasteiger partial charge in [-0.05, 0) is 47.8 Å². The monoisotopic (exact) mass is 400 g/mol. The predicted octanol–water partition coefficient (Wildman–Crippen LogP) is 3.27. The van der Waals surface area contributed by atoms with Crippen molar-refractivity contribution in [3.63, 3.8) is 0 Å². The van der Waals surface area contributed by atoms with E-state index in [2.05, 4.69) is 20.8 Å². The predicted molar refractivity (Wildman–Crippen MR) is 106 cm³/mol. The topological polar surface area (TPSA) is 57.7 Å². The van der Waals surface area contributed by atoms with Crippen molar-refractivity contribution >= 4 is 17.7 Å². The minimum atomic E-state index is -1.32. The average molecular weight is 400 g/mol. The number of nitrogens with zero attached hydrogens (tertiary/aromatic N) is 2. The lowest BCUT2D eigenvalue weighted by atomic mass is 9.65. The fourth-order valence-corrected chi connectivity index (χ4v) is 6.25. The van der Waals surface area contributed by atoms with Gasteiger partial charge in [0.25, 0.3) is 0 Å². The molecule has 2 bridgehead atoms. The number of benzene rings is 1. The molecule has 156 valence electrons. The number of amides is 3. The van der Waals surface area contributed by atoms with Gasteiger partial charge < -0.3 is 4.90 Å². The molecule has 1 aromatic carbocycles. The van der Waals surface area contributed by atoms with Crippen LogP contribution in [0.1, 0.15) is 58.4 Å². The van der Waals surface area contributed by atoms with Crippen molar-refractivity contribution < 1.29 is 18.8 Å². The Morgan fingerprint density at radius 2 is 1.93 bits per heavy atom. The van der Waals surface area contributed by atoms with E-state index >= 15 is 0 Å². The van der Waals surface area contributed by atoms with Crippen molar-refractivity contribution in [2.75, 3.05) is 13.6 Å². The first-order chi connectivity index (χ1) is 13.4. The van der Waals surface area contributed by atoms with Crippen LogP contribution in [0.5, 0.6) is 0 Å². The molecule has 3 unspecified atom stereocenters. The van der Waals surface area contributed by atoms with Crippen molar-refractivity contribution in [2.45, 2.75) is 64.3 Å². The summed E-state index contributed by atoms with van der Waals surface area (Å²) in [5, 5.41) is 0. The van der Waals surface area contributed by atoms with E-state index < -0.39 is 17.1 Å². The second-order valence-corrected chi connectivity index (χ2v) is 10.4. The number of carbonyl (C=O) groups is 3. The zero-order chi connectivity index (χ0) is 21.2. The molecule has 1 saturated carbocycles. The molecule has 0 N–H and O–H groups in total. The summed E-state index contributed by atoms with van der Waals surface area (Å²) in [6.45, 7) is 7.40. The molecule has 5 nitrogen and oxygen atoms in total. The summed E-state index contributed by atoms with van der Waals surface area (Å²) in [6.07, 6.45) is 2.78. The van der Waals surface area contributed by atoms with Gasteiger partial charge in [0.1, 0.15) is 5.82 Å². The standard InChI is InChI=1S/C23H29FN2O3/c1-21(2)9-17-10-22(3,13-21)14-26(17)19(28)12-23(11-18(27)25(4)20(23)29)15-6-5-7-16(24)8-15/h5-8,17H,9-14H2,1-4H3. The molecule has 3 fully saturated rings. The molecule has 29 heavy (non-hydrogen) atoms. The van der Waals surface area contributed by atoms with Crippen LogP contribution >= 0.6 is 0 Å². The molecule has 2 heterocycles. The Kier molecular flexibility index (Phi) is 4.41. The van der Waals surface area contributed by atoms with Gasteiger partial charge in [0, 0.05) is 32.5 Å². The van der Waals surface area contributed by atoms with E-state index in [1.165, 1.54) is 25.2 Å². The molecule has 1 aliphatic carbocycles. The van der Waals surface area contributed by atoms with Gasteiger partial charge in [-0.1, -0.05) is 32.9 Å². The summed E-state index contributed by atoms with van der Waals surface area (Å²) in [5.74, 6) is -1.34. The van der Waals surface area contributed by atoms with E-state index in [1.54, 1.807) is 6.07 Å². The normalized spacial score (nSPS) is 33.5. The van der Waals surface area contributed by atoms with E-state index in [0.717, 1.165) is 24.2 Å². The average Bonchev–Trinajstić information content (AvgIpc) is 2.99. The SMILES string of the molecule is CN1C(=O)CC(CC(=O)N2CC3(C)CC2CC(C)(C)C3)(c2cccc(F)c2)C1=O. The molecular weight excluding hydrogens is 371 g/mol. The number of hydrogen-bond donors (Lipinski definition) is 0. The smallest absolute Gasteiger partial charge is 0.240 e. The molecule has 3 amide bonds. The quantitative estimate of drug-likeness (QED) is 0.732. The van der Waals surface area contributed by atoms with Gasteiger partial charge >= 0.3 is 0 Å². The summed E-state index contributed by atoms with van der Waals surface area (Å²) in [6, 6.07) is 5.92. The molecule has 2 aliphatic heterocycles. The van der Waals surface area contributed by atoms with Gasteiger partial charge in [-0.25, -0.2) is 4.39 Å². The second kappa shape index (κ2) is 6.38. The Morgan fingerprint density at radius 3 is 2.55 bits per heavy atom. The summed E-state index contributed by atoms with van der Waals surface area (Å²) >= 11 is 0. The molecule has 3 aliphatic rings. The van der Waals surface area contributed by atoms with Crippen LogP contribution in [0, 0.1) is 16.6 Å². The number of likely N-dealkylation sites (tertiary alicyclic amines) is 2. The zero-order valence-corrected chi connectivity index (χ0v) is 17.6. The Bertz CT molecular complexity index is 898. The van der Waals surface area contributed by atoms with Crippen LogP contribution in [-0.2, 0) is 19.8 Å². The third-order valence-electron chi connectivity index (χ3n) is 7.11. The van der Waals surface area contributed by atoms with Gasteiger partial charge in [-0.2, -0.15) is 0 Å². The highest BCUT2D eigenvalue weighted by Gasteiger charge is 2.56. The number of carbonyl (C=O) groups excluding carboxylic acids is 3. The fraction of sp³-hybridized carbons (Fsp3) is 0.609. The second-order valence-electron chi connectivity index (χ2n) is 10.4. The Hall–Kier alpha value is -2.24. The highest BCUT2D eigenvalue weighted by atomic mass is 19.1. The van der Waals surface area contributed by atoms with E-state index in [1.807, 2.05) is 4.90 Å². The van der Waals surface area contributed by atoms with E-state index in [9.17, 15) is 18.8 Å². The highest BCUT2D eigenvalue weighted by molar-refractivity contribution is 6.10. The zero-order valence-electron chi connectivity index (χ0n) is 17.6. The Labute approximate surface area is 171 Å². The maximum atomic E-state index is 14.0. The fourth-order valence-electron chi connectivity index (χ4n) is 6.25. The van der Waals surface area contributed by atoms with E-state index in [-0.39, 0.29) is 41.5 Å². The minimum Gasteiger partial charge on any atom is -0.339 e. The first kappa shape index (κ1) is 20.0.